The minimum Gasteiger partial charge on any atom is -0.493 e. The number of aromatic nitrogens is 2. The van der Waals surface area contributed by atoms with E-state index in [-0.39, 0.29) is 5.91 Å². The molecule has 4 rings (SSSR count). The number of ether oxygens (including phenoxy) is 3. The van der Waals surface area contributed by atoms with Crippen LogP contribution in [0.2, 0.25) is 0 Å². The van der Waals surface area contributed by atoms with Gasteiger partial charge in [0, 0.05) is 44.0 Å². The minimum atomic E-state index is -0.216. The van der Waals surface area contributed by atoms with E-state index in [0.29, 0.717) is 33.6 Å². The normalized spacial score (nSPS) is 14.4. The molecule has 0 spiro atoms. The largest absolute Gasteiger partial charge is 0.493 e. The molecule has 0 bridgehead atoms. The van der Waals surface area contributed by atoms with Crippen LogP contribution < -0.4 is 24.4 Å². The van der Waals surface area contributed by atoms with E-state index in [4.69, 9.17) is 19.2 Å². The molecule has 1 aliphatic heterocycles. The van der Waals surface area contributed by atoms with Crippen LogP contribution in [-0.4, -0.2) is 75.3 Å². The number of rotatable bonds is 6. The predicted molar refractivity (Wildman–Crippen MR) is 131 cm³/mol. The van der Waals surface area contributed by atoms with E-state index in [0.717, 1.165) is 47.8 Å². The van der Waals surface area contributed by atoms with Crippen molar-refractivity contribution in [1.82, 2.24) is 14.9 Å². The maximum atomic E-state index is 13.3. The molecule has 0 radical (unpaired) electrons. The Labute approximate surface area is 197 Å². The molecule has 0 unspecified atom stereocenters. The third-order valence-corrected chi connectivity index (χ3v) is 7.00. The van der Waals surface area contributed by atoms with Crippen molar-refractivity contribution in [3.63, 3.8) is 0 Å². The zero-order valence-corrected chi connectivity index (χ0v) is 20.6. The van der Waals surface area contributed by atoms with Gasteiger partial charge in [-0.2, -0.15) is 0 Å². The van der Waals surface area contributed by atoms with Crippen molar-refractivity contribution in [2.75, 3.05) is 64.8 Å². The van der Waals surface area contributed by atoms with Crippen molar-refractivity contribution in [2.24, 2.45) is 0 Å². The first kappa shape index (κ1) is 23.1. The van der Waals surface area contributed by atoms with Gasteiger partial charge in [-0.05, 0) is 26.5 Å². The van der Waals surface area contributed by atoms with E-state index in [2.05, 4.69) is 27.1 Å². The maximum absolute atomic E-state index is 13.3. The van der Waals surface area contributed by atoms with E-state index < -0.39 is 0 Å². The molecule has 33 heavy (non-hydrogen) atoms. The second-order valence-electron chi connectivity index (χ2n) is 7.99. The second-order valence-corrected chi connectivity index (χ2v) is 8.99. The number of thiophene rings is 1. The number of fused-ring (bicyclic) bond motifs is 1. The summed E-state index contributed by atoms with van der Waals surface area (Å²) in [7, 11) is 6.75. The summed E-state index contributed by atoms with van der Waals surface area (Å²) in [4.78, 5) is 28.7. The molecule has 0 saturated carbocycles. The van der Waals surface area contributed by atoms with Gasteiger partial charge >= 0.3 is 0 Å². The fourth-order valence-electron chi connectivity index (χ4n) is 4.03. The van der Waals surface area contributed by atoms with E-state index in [9.17, 15) is 4.79 Å². The molecule has 3 heterocycles. The molecule has 0 atom stereocenters. The van der Waals surface area contributed by atoms with Gasteiger partial charge in [0.25, 0.3) is 5.91 Å². The average Bonchev–Trinajstić information content (AvgIpc) is 3.14. The lowest BCUT2D eigenvalue weighted by Gasteiger charge is -2.33. The zero-order chi connectivity index (χ0) is 23.7. The van der Waals surface area contributed by atoms with E-state index in [1.807, 2.05) is 13.8 Å². The number of hydrogen-bond acceptors (Lipinski definition) is 9. The third kappa shape index (κ3) is 4.40. The molecule has 2 aromatic heterocycles. The number of carbonyl (C=O) groups excluding carboxylic acids is 1. The van der Waals surface area contributed by atoms with Crippen LogP contribution in [0.3, 0.4) is 0 Å². The molecule has 1 aliphatic rings. The first-order valence-corrected chi connectivity index (χ1v) is 11.5. The van der Waals surface area contributed by atoms with Crippen LogP contribution in [-0.2, 0) is 0 Å². The number of amides is 1. The number of piperazine rings is 1. The van der Waals surface area contributed by atoms with Gasteiger partial charge in [-0.3, -0.25) is 4.79 Å². The number of carbonyl (C=O) groups is 1. The molecular formula is C23H29N5O4S. The highest BCUT2D eigenvalue weighted by Crippen LogP contribution is 2.41. The second kappa shape index (κ2) is 9.40. The molecule has 176 valence electrons. The highest BCUT2D eigenvalue weighted by atomic mass is 32.1. The van der Waals surface area contributed by atoms with Crippen molar-refractivity contribution >= 4 is 39.0 Å². The first-order valence-electron chi connectivity index (χ1n) is 10.7. The van der Waals surface area contributed by atoms with Crippen LogP contribution in [0.5, 0.6) is 17.2 Å². The Bertz CT molecular complexity index is 1160. The Morgan fingerprint density at radius 1 is 1.00 bits per heavy atom. The summed E-state index contributed by atoms with van der Waals surface area (Å²) in [6.07, 6.45) is 0. The summed E-state index contributed by atoms with van der Waals surface area (Å²) in [5.41, 5.74) is 1.43. The van der Waals surface area contributed by atoms with Gasteiger partial charge in [0.1, 0.15) is 16.5 Å². The molecule has 3 aromatic rings. The minimum absolute atomic E-state index is 0.216. The molecule has 9 nitrogen and oxygen atoms in total. The maximum Gasteiger partial charge on any atom is 0.266 e. The van der Waals surface area contributed by atoms with Crippen LogP contribution in [0, 0.1) is 13.8 Å². The first-order chi connectivity index (χ1) is 15.9. The molecule has 1 saturated heterocycles. The van der Waals surface area contributed by atoms with Crippen LogP contribution in [0.25, 0.3) is 10.2 Å². The number of methoxy groups -OCH3 is 3. The number of nitrogens with zero attached hydrogens (tertiary/aromatic N) is 4. The number of anilines is 2. The summed E-state index contributed by atoms with van der Waals surface area (Å²) < 4.78 is 16.2. The van der Waals surface area contributed by atoms with Crippen LogP contribution in [0.1, 0.15) is 21.1 Å². The smallest absolute Gasteiger partial charge is 0.266 e. The number of aryl methyl sites for hydroxylation is 2. The average molecular weight is 472 g/mol. The summed E-state index contributed by atoms with van der Waals surface area (Å²) in [5, 5.41) is 3.92. The summed E-state index contributed by atoms with van der Waals surface area (Å²) >= 11 is 1.38. The topological polar surface area (TPSA) is 89.0 Å². The summed E-state index contributed by atoms with van der Waals surface area (Å²) in [5.74, 6) is 2.81. The van der Waals surface area contributed by atoms with Gasteiger partial charge in [-0.25, -0.2) is 9.97 Å². The quantitative estimate of drug-likeness (QED) is 0.586. The van der Waals surface area contributed by atoms with Gasteiger partial charge < -0.3 is 29.3 Å². The van der Waals surface area contributed by atoms with E-state index >= 15 is 0 Å². The Morgan fingerprint density at radius 2 is 1.64 bits per heavy atom. The third-order valence-electron chi connectivity index (χ3n) is 5.81. The van der Waals surface area contributed by atoms with Crippen molar-refractivity contribution in [3.05, 3.63) is 28.4 Å². The number of likely N-dealkylation sites (N-methyl/N-ethyl adjacent to an activating group) is 1. The number of nitrogens with one attached hydrogen (secondary N) is 1. The van der Waals surface area contributed by atoms with Gasteiger partial charge in [0.05, 0.1) is 31.6 Å². The number of hydrogen-bond donors (Lipinski definition) is 1. The molecule has 1 N–H and O–H groups in total. The lowest BCUT2D eigenvalue weighted by molar-refractivity contribution is 0.103. The molecule has 0 aliphatic carbocycles. The number of benzene rings is 1. The van der Waals surface area contributed by atoms with Crippen LogP contribution >= 0.6 is 11.3 Å². The fourth-order valence-corrected chi connectivity index (χ4v) is 5.14. The Hall–Kier alpha value is -3.11. The van der Waals surface area contributed by atoms with Gasteiger partial charge in [-0.1, -0.05) is 0 Å². The Morgan fingerprint density at radius 3 is 2.21 bits per heavy atom. The highest BCUT2D eigenvalue weighted by Gasteiger charge is 2.25. The van der Waals surface area contributed by atoms with Crippen molar-refractivity contribution in [1.29, 1.82) is 0 Å². The molecule has 10 heteroatoms. The lowest BCUT2D eigenvalue weighted by atomic mass is 10.1. The van der Waals surface area contributed by atoms with Crippen molar-refractivity contribution < 1.29 is 19.0 Å². The predicted octanol–water partition coefficient (Wildman–Crippen LogP) is 3.34. The standard InChI is InChI=1S/C23H29N5O4S/c1-13-18-21(28-9-7-27(3)8-10-28)24-14(2)25-23(18)33-20(13)22(29)26-15-11-16(30-4)19(32-6)17(12-15)31-5/h11-12H,7-10H2,1-6H3,(H,26,29). The molecule has 1 fully saturated rings. The van der Waals surface area contributed by atoms with Crippen molar-refractivity contribution in [2.45, 2.75) is 13.8 Å². The van der Waals surface area contributed by atoms with Gasteiger partial charge in [0.15, 0.2) is 11.5 Å². The highest BCUT2D eigenvalue weighted by molar-refractivity contribution is 7.20. The Balaban J connectivity index is 1.70. The fraction of sp³-hybridized carbons (Fsp3) is 0.435. The van der Waals surface area contributed by atoms with Crippen molar-refractivity contribution in [3.8, 4) is 17.2 Å². The zero-order valence-electron chi connectivity index (χ0n) is 19.8. The monoisotopic (exact) mass is 471 g/mol. The summed E-state index contributed by atoms with van der Waals surface area (Å²) in [6, 6.07) is 3.42. The van der Waals surface area contributed by atoms with Crippen LogP contribution in [0.15, 0.2) is 12.1 Å². The Kier molecular flexibility index (Phi) is 6.57. The molecule has 1 amide bonds. The van der Waals surface area contributed by atoms with Crippen LogP contribution in [0.4, 0.5) is 11.5 Å². The summed E-state index contributed by atoms with van der Waals surface area (Å²) in [6.45, 7) is 7.59. The molecular weight excluding hydrogens is 442 g/mol. The van der Waals surface area contributed by atoms with E-state index in [1.165, 1.54) is 11.3 Å². The lowest BCUT2D eigenvalue weighted by Crippen LogP contribution is -2.45. The van der Waals surface area contributed by atoms with Gasteiger partial charge in [0.2, 0.25) is 5.75 Å². The SMILES string of the molecule is COc1cc(NC(=O)c2sc3nc(C)nc(N4CCN(C)CC4)c3c2C)cc(OC)c1OC. The molecule has 1 aromatic carbocycles. The van der Waals surface area contributed by atoms with E-state index in [1.54, 1.807) is 33.5 Å². The van der Waals surface area contributed by atoms with Gasteiger partial charge in [-0.15, -0.1) is 11.3 Å².